The van der Waals surface area contributed by atoms with Crippen LogP contribution < -0.4 is 9.47 Å². The van der Waals surface area contributed by atoms with Crippen LogP contribution >= 0.6 is 11.6 Å². The monoisotopic (exact) mass is 533 g/mol. The van der Waals surface area contributed by atoms with E-state index in [0.717, 1.165) is 48.3 Å². The topological polar surface area (TPSA) is 87.4 Å². The highest BCUT2D eigenvalue weighted by Crippen LogP contribution is 2.41. The standard InChI is InChI=1S/C30H32ClN3O4/c1-21(33-36)20-37-27-7-2-8-28-26(27)19-22(25-6-3-15-32-29(25)38-28)5-4-16-34-17-13-30(35,14-18-34)23-9-11-24(31)12-10-23/h2-3,5-12,15,35-36H,4,13-14,16-20H2,1H3. The summed E-state index contributed by atoms with van der Waals surface area (Å²) >= 11 is 6.03. The van der Waals surface area contributed by atoms with Gasteiger partial charge >= 0.3 is 0 Å². The Kier molecular flexibility index (Phi) is 7.98. The van der Waals surface area contributed by atoms with E-state index >= 15 is 0 Å². The predicted octanol–water partition coefficient (Wildman–Crippen LogP) is 6.07. The third kappa shape index (κ3) is 5.85. The van der Waals surface area contributed by atoms with Crippen LogP contribution in [0.1, 0.15) is 42.9 Å². The summed E-state index contributed by atoms with van der Waals surface area (Å²) in [5, 5.41) is 24.1. The number of oxime groups is 1. The minimum Gasteiger partial charge on any atom is -0.487 e. The highest BCUT2D eigenvalue weighted by Gasteiger charge is 2.33. The molecule has 3 heterocycles. The number of nitrogens with zero attached hydrogens (tertiary/aromatic N) is 3. The molecule has 2 aliphatic heterocycles. The van der Waals surface area contributed by atoms with E-state index in [4.69, 9.17) is 26.3 Å². The molecule has 0 bridgehead atoms. The van der Waals surface area contributed by atoms with Crippen molar-refractivity contribution in [3.63, 3.8) is 0 Å². The van der Waals surface area contributed by atoms with E-state index in [1.165, 1.54) is 0 Å². The van der Waals surface area contributed by atoms with Crippen LogP contribution in [0, 0.1) is 0 Å². The lowest BCUT2D eigenvalue weighted by Crippen LogP contribution is -2.42. The molecule has 0 aliphatic carbocycles. The van der Waals surface area contributed by atoms with E-state index in [0.29, 0.717) is 47.4 Å². The second-order valence-electron chi connectivity index (χ2n) is 9.89. The minimum atomic E-state index is -0.804. The normalized spacial score (nSPS) is 18.3. The molecular formula is C30H32ClN3O4. The third-order valence-corrected chi connectivity index (χ3v) is 7.54. The van der Waals surface area contributed by atoms with Gasteiger partial charge in [0.1, 0.15) is 18.1 Å². The van der Waals surface area contributed by atoms with E-state index in [1.54, 1.807) is 13.1 Å². The zero-order valence-electron chi connectivity index (χ0n) is 21.4. The lowest BCUT2D eigenvalue weighted by molar-refractivity contribution is -0.0254. The highest BCUT2D eigenvalue weighted by atomic mass is 35.5. The van der Waals surface area contributed by atoms with Crippen LogP contribution in [0.4, 0.5) is 0 Å². The molecule has 0 spiro atoms. The lowest BCUT2D eigenvalue weighted by atomic mass is 9.84. The van der Waals surface area contributed by atoms with E-state index in [2.05, 4.69) is 21.1 Å². The summed E-state index contributed by atoms with van der Waals surface area (Å²) in [4.78, 5) is 6.89. The average Bonchev–Trinajstić information content (AvgIpc) is 3.10. The van der Waals surface area contributed by atoms with E-state index in [-0.39, 0.29) is 6.61 Å². The van der Waals surface area contributed by atoms with Crippen molar-refractivity contribution in [2.24, 2.45) is 5.16 Å². The number of likely N-dealkylation sites (tertiary alicyclic amines) is 1. The zero-order valence-corrected chi connectivity index (χ0v) is 22.2. The Morgan fingerprint density at radius 1 is 1.16 bits per heavy atom. The molecule has 1 aromatic heterocycles. The van der Waals surface area contributed by atoms with Crippen LogP contribution in [0.5, 0.6) is 17.4 Å². The SMILES string of the molecule is CC(COc1cccc2c1CC(=CCCN1CCC(O)(c3ccc(Cl)cc3)CC1)c1cccnc1O2)=NO. The molecule has 3 aromatic rings. The van der Waals surface area contributed by atoms with Gasteiger partial charge in [0.05, 0.1) is 11.3 Å². The molecule has 0 unspecified atom stereocenters. The summed E-state index contributed by atoms with van der Waals surface area (Å²) in [6.07, 6.45) is 6.87. The molecule has 0 amide bonds. The van der Waals surface area contributed by atoms with Crippen LogP contribution in [0.2, 0.25) is 5.02 Å². The fourth-order valence-corrected chi connectivity index (χ4v) is 5.19. The van der Waals surface area contributed by atoms with E-state index in [9.17, 15) is 5.11 Å². The maximum absolute atomic E-state index is 11.2. The number of fused-ring (bicyclic) bond motifs is 2. The van der Waals surface area contributed by atoms with Crippen molar-refractivity contribution < 1.29 is 19.8 Å². The highest BCUT2D eigenvalue weighted by molar-refractivity contribution is 6.30. The minimum absolute atomic E-state index is 0.189. The number of aliphatic hydroxyl groups is 1. The molecule has 8 heteroatoms. The maximum Gasteiger partial charge on any atom is 0.226 e. The number of ether oxygens (including phenoxy) is 2. The van der Waals surface area contributed by atoms with Crippen LogP contribution in [-0.2, 0) is 12.0 Å². The Morgan fingerprint density at radius 2 is 1.95 bits per heavy atom. The molecule has 1 saturated heterocycles. The fraction of sp³-hybridized carbons (Fsp3) is 0.333. The number of benzene rings is 2. The van der Waals surface area contributed by atoms with Crippen molar-refractivity contribution in [3.8, 4) is 17.4 Å². The van der Waals surface area contributed by atoms with Crippen molar-refractivity contribution in [1.29, 1.82) is 0 Å². The van der Waals surface area contributed by atoms with Crippen molar-refractivity contribution in [3.05, 3.63) is 88.6 Å². The van der Waals surface area contributed by atoms with Gasteiger partial charge in [-0.1, -0.05) is 41.0 Å². The fourth-order valence-electron chi connectivity index (χ4n) is 5.07. The number of aromatic nitrogens is 1. The maximum atomic E-state index is 11.2. The number of hydrogen-bond donors (Lipinski definition) is 2. The lowest BCUT2D eigenvalue weighted by Gasteiger charge is -2.38. The molecule has 0 saturated carbocycles. The largest absolute Gasteiger partial charge is 0.487 e. The molecule has 5 rings (SSSR count). The number of allylic oxidation sites excluding steroid dienone is 1. The van der Waals surface area contributed by atoms with Gasteiger partial charge < -0.3 is 24.7 Å². The summed E-state index contributed by atoms with van der Waals surface area (Å²) in [6.45, 7) is 4.45. The van der Waals surface area contributed by atoms with Gasteiger partial charge in [-0.05, 0) is 73.7 Å². The first-order valence-electron chi connectivity index (χ1n) is 12.9. The molecule has 0 atom stereocenters. The van der Waals surface area contributed by atoms with Crippen molar-refractivity contribution in [2.45, 2.75) is 38.2 Å². The Bertz CT molecular complexity index is 1330. The summed E-state index contributed by atoms with van der Waals surface area (Å²) in [5.74, 6) is 1.98. The van der Waals surface area contributed by atoms with Crippen molar-refractivity contribution in [1.82, 2.24) is 9.88 Å². The van der Waals surface area contributed by atoms with Gasteiger partial charge in [-0.3, -0.25) is 0 Å². The molecule has 7 nitrogen and oxygen atoms in total. The molecule has 2 aliphatic rings. The second-order valence-corrected chi connectivity index (χ2v) is 10.3. The molecule has 38 heavy (non-hydrogen) atoms. The van der Waals surface area contributed by atoms with Crippen LogP contribution in [0.15, 0.2) is 72.0 Å². The zero-order chi connectivity index (χ0) is 26.5. The smallest absolute Gasteiger partial charge is 0.226 e. The summed E-state index contributed by atoms with van der Waals surface area (Å²) in [5.41, 5.74) is 3.66. The van der Waals surface area contributed by atoms with E-state index < -0.39 is 5.60 Å². The first kappa shape index (κ1) is 26.2. The summed E-state index contributed by atoms with van der Waals surface area (Å²) in [6, 6.07) is 17.2. The van der Waals surface area contributed by atoms with Gasteiger partial charge in [0.25, 0.3) is 0 Å². The van der Waals surface area contributed by atoms with Gasteiger partial charge in [0.15, 0.2) is 0 Å². The number of piperidine rings is 1. The van der Waals surface area contributed by atoms with Gasteiger partial charge in [-0.25, -0.2) is 4.98 Å². The molecule has 2 aromatic carbocycles. The van der Waals surface area contributed by atoms with Gasteiger partial charge in [0, 0.05) is 48.4 Å². The molecule has 1 fully saturated rings. The van der Waals surface area contributed by atoms with Gasteiger partial charge in [-0.2, -0.15) is 0 Å². The Labute approximate surface area is 228 Å². The molecular weight excluding hydrogens is 502 g/mol. The van der Waals surface area contributed by atoms with Gasteiger partial charge in [0.2, 0.25) is 5.88 Å². The number of rotatable bonds is 7. The Balaban J connectivity index is 1.29. The first-order valence-corrected chi connectivity index (χ1v) is 13.3. The van der Waals surface area contributed by atoms with E-state index in [1.807, 2.05) is 54.6 Å². The summed E-state index contributed by atoms with van der Waals surface area (Å²) in [7, 11) is 0. The second kappa shape index (κ2) is 11.6. The van der Waals surface area contributed by atoms with Crippen LogP contribution in [0.3, 0.4) is 0 Å². The first-order chi connectivity index (χ1) is 18.4. The van der Waals surface area contributed by atoms with Crippen LogP contribution in [0.25, 0.3) is 5.57 Å². The summed E-state index contributed by atoms with van der Waals surface area (Å²) < 4.78 is 12.2. The van der Waals surface area contributed by atoms with Crippen molar-refractivity contribution >= 4 is 22.9 Å². The van der Waals surface area contributed by atoms with Crippen molar-refractivity contribution in [2.75, 3.05) is 26.2 Å². The Morgan fingerprint density at radius 3 is 2.71 bits per heavy atom. The Hall–Kier alpha value is -3.39. The van der Waals surface area contributed by atoms with Crippen LogP contribution in [-0.4, -0.2) is 52.2 Å². The number of halogens is 1. The molecule has 2 N–H and O–H groups in total. The third-order valence-electron chi connectivity index (χ3n) is 7.29. The molecule has 0 radical (unpaired) electrons. The predicted molar refractivity (Wildman–Crippen MR) is 148 cm³/mol. The quantitative estimate of drug-likeness (QED) is 0.218. The average molecular weight is 534 g/mol. The number of hydrogen-bond acceptors (Lipinski definition) is 7. The number of pyridine rings is 1. The molecule has 198 valence electrons. The van der Waals surface area contributed by atoms with Gasteiger partial charge in [-0.15, -0.1) is 0 Å².